The molecule has 4 heteroatoms. The highest BCUT2D eigenvalue weighted by Crippen LogP contribution is 2.13. The molecular weight excluding hydrogens is 304 g/mol. The highest BCUT2D eigenvalue weighted by atomic mass is 16.5. The van der Waals surface area contributed by atoms with Gasteiger partial charge in [0.2, 0.25) is 0 Å². The van der Waals surface area contributed by atoms with Crippen molar-refractivity contribution in [3.8, 4) is 0 Å². The lowest BCUT2D eigenvalue weighted by molar-refractivity contribution is -0.147. The number of carbonyl (C=O) groups is 2. The highest BCUT2D eigenvalue weighted by molar-refractivity contribution is 5.69. The van der Waals surface area contributed by atoms with Crippen molar-refractivity contribution >= 4 is 11.9 Å². The Labute approximate surface area is 148 Å². The summed E-state index contributed by atoms with van der Waals surface area (Å²) in [4.78, 5) is 21.7. The maximum atomic E-state index is 11.4. The molecule has 0 aromatic carbocycles. The Bertz CT molecular complexity index is 313. The Morgan fingerprint density at radius 2 is 1.00 bits per heavy atom. The van der Waals surface area contributed by atoms with Gasteiger partial charge in [0.05, 0.1) is 6.10 Å². The second kappa shape index (κ2) is 16.8. The van der Waals surface area contributed by atoms with Crippen molar-refractivity contribution in [2.75, 3.05) is 0 Å². The average molecular weight is 343 g/mol. The van der Waals surface area contributed by atoms with Crippen LogP contribution >= 0.6 is 0 Å². The van der Waals surface area contributed by atoms with E-state index < -0.39 is 5.97 Å². The molecule has 0 aliphatic heterocycles. The smallest absolute Gasteiger partial charge is 0.306 e. The lowest BCUT2D eigenvalue weighted by Crippen LogP contribution is -2.10. The standard InChI is InChI=1S/C20H38O4/c1-18(2)24-20(23)17-15-13-11-9-7-5-3-4-6-8-10-12-14-16-19(21)22/h18H,3-17H2,1-2H3,(H,21,22). The highest BCUT2D eigenvalue weighted by Gasteiger charge is 2.04. The largest absolute Gasteiger partial charge is 0.481 e. The van der Waals surface area contributed by atoms with Crippen LogP contribution in [0.15, 0.2) is 0 Å². The van der Waals surface area contributed by atoms with Crippen LogP contribution in [0, 0.1) is 0 Å². The van der Waals surface area contributed by atoms with Crippen LogP contribution in [-0.4, -0.2) is 23.1 Å². The van der Waals surface area contributed by atoms with Crippen molar-refractivity contribution in [3.63, 3.8) is 0 Å². The maximum Gasteiger partial charge on any atom is 0.306 e. The number of unbranched alkanes of at least 4 members (excludes halogenated alkanes) is 12. The zero-order valence-corrected chi connectivity index (χ0v) is 15.9. The summed E-state index contributed by atoms with van der Waals surface area (Å²) in [6, 6.07) is 0. The van der Waals surface area contributed by atoms with E-state index in [2.05, 4.69) is 0 Å². The Hall–Kier alpha value is -1.06. The first-order chi connectivity index (χ1) is 11.5. The molecule has 0 fully saturated rings. The maximum absolute atomic E-state index is 11.4. The number of carboxylic acid groups (broad SMARTS) is 1. The Kier molecular flexibility index (Phi) is 16.0. The fourth-order valence-corrected chi connectivity index (χ4v) is 2.81. The molecule has 0 aliphatic carbocycles. The zero-order chi connectivity index (χ0) is 18.0. The van der Waals surface area contributed by atoms with Crippen LogP contribution in [0.2, 0.25) is 0 Å². The van der Waals surface area contributed by atoms with Gasteiger partial charge in [-0.2, -0.15) is 0 Å². The average Bonchev–Trinajstić information content (AvgIpc) is 2.50. The van der Waals surface area contributed by atoms with Crippen molar-refractivity contribution in [3.05, 3.63) is 0 Å². The fraction of sp³-hybridized carbons (Fsp3) is 0.900. The molecule has 0 amide bonds. The molecule has 4 nitrogen and oxygen atoms in total. The molecule has 0 rings (SSSR count). The molecule has 0 saturated carbocycles. The molecule has 0 aliphatic rings. The first-order valence-electron chi connectivity index (χ1n) is 9.93. The van der Waals surface area contributed by atoms with Crippen molar-refractivity contribution in [2.24, 2.45) is 0 Å². The van der Waals surface area contributed by atoms with Gasteiger partial charge in [-0.3, -0.25) is 9.59 Å². The number of rotatable bonds is 17. The van der Waals surface area contributed by atoms with E-state index in [0.29, 0.717) is 12.8 Å². The van der Waals surface area contributed by atoms with Crippen LogP contribution in [0.3, 0.4) is 0 Å². The van der Waals surface area contributed by atoms with Crippen LogP contribution in [0.25, 0.3) is 0 Å². The monoisotopic (exact) mass is 342 g/mol. The second-order valence-corrected chi connectivity index (χ2v) is 7.03. The van der Waals surface area contributed by atoms with E-state index in [1.807, 2.05) is 13.8 Å². The van der Waals surface area contributed by atoms with Gasteiger partial charge in [-0.25, -0.2) is 0 Å². The quantitative estimate of drug-likeness (QED) is 0.265. The second-order valence-electron chi connectivity index (χ2n) is 7.03. The number of hydrogen-bond donors (Lipinski definition) is 1. The third kappa shape index (κ3) is 19.0. The topological polar surface area (TPSA) is 63.6 Å². The predicted octanol–water partition coefficient (Wildman–Crippen LogP) is 5.87. The SMILES string of the molecule is CC(C)OC(=O)CCCCCCCCCCCCCCCC(=O)O. The zero-order valence-electron chi connectivity index (χ0n) is 15.9. The van der Waals surface area contributed by atoms with Crippen molar-refractivity contribution in [1.29, 1.82) is 0 Å². The van der Waals surface area contributed by atoms with Gasteiger partial charge in [-0.15, -0.1) is 0 Å². The van der Waals surface area contributed by atoms with E-state index in [0.717, 1.165) is 25.7 Å². The summed E-state index contributed by atoms with van der Waals surface area (Å²) in [6.45, 7) is 3.77. The minimum atomic E-state index is -0.675. The van der Waals surface area contributed by atoms with E-state index in [-0.39, 0.29) is 12.1 Å². The van der Waals surface area contributed by atoms with E-state index in [9.17, 15) is 9.59 Å². The third-order valence-corrected chi connectivity index (χ3v) is 4.14. The van der Waals surface area contributed by atoms with E-state index in [1.165, 1.54) is 57.8 Å². The first kappa shape index (κ1) is 22.9. The molecule has 0 saturated heterocycles. The van der Waals surface area contributed by atoms with Crippen molar-refractivity contribution in [2.45, 2.75) is 116 Å². The van der Waals surface area contributed by atoms with Crippen LogP contribution in [0.4, 0.5) is 0 Å². The number of hydrogen-bond acceptors (Lipinski definition) is 3. The van der Waals surface area contributed by atoms with Gasteiger partial charge in [-0.1, -0.05) is 70.6 Å². The summed E-state index contributed by atoms with van der Waals surface area (Å²) < 4.78 is 5.11. The summed E-state index contributed by atoms with van der Waals surface area (Å²) >= 11 is 0. The van der Waals surface area contributed by atoms with Gasteiger partial charge in [0.15, 0.2) is 0 Å². The van der Waals surface area contributed by atoms with Gasteiger partial charge < -0.3 is 9.84 Å². The van der Waals surface area contributed by atoms with Crippen molar-refractivity contribution in [1.82, 2.24) is 0 Å². The molecule has 0 atom stereocenters. The number of esters is 1. The molecule has 0 unspecified atom stereocenters. The molecule has 0 heterocycles. The molecule has 1 N–H and O–H groups in total. The van der Waals surface area contributed by atoms with Gasteiger partial charge in [0.1, 0.15) is 0 Å². The minimum Gasteiger partial charge on any atom is -0.481 e. The number of carboxylic acids is 1. The van der Waals surface area contributed by atoms with Crippen LogP contribution in [0.5, 0.6) is 0 Å². The van der Waals surface area contributed by atoms with Gasteiger partial charge >= 0.3 is 11.9 Å². The lowest BCUT2D eigenvalue weighted by atomic mass is 10.0. The molecule has 24 heavy (non-hydrogen) atoms. The normalized spacial score (nSPS) is 11.0. The minimum absolute atomic E-state index is 0.00208. The summed E-state index contributed by atoms with van der Waals surface area (Å²) in [5.74, 6) is -0.738. The van der Waals surface area contributed by atoms with Crippen LogP contribution in [0.1, 0.15) is 110 Å². The number of aliphatic carboxylic acids is 1. The van der Waals surface area contributed by atoms with E-state index >= 15 is 0 Å². The molecule has 0 aromatic rings. The van der Waals surface area contributed by atoms with E-state index in [1.54, 1.807) is 0 Å². The summed E-state index contributed by atoms with van der Waals surface area (Å²) in [7, 11) is 0. The molecule has 0 radical (unpaired) electrons. The number of ether oxygens (including phenoxy) is 1. The summed E-state index contributed by atoms with van der Waals surface area (Å²) in [5, 5.41) is 8.54. The van der Waals surface area contributed by atoms with E-state index in [4.69, 9.17) is 9.84 Å². The molecular formula is C20H38O4. The van der Waals surface area contributed by atoms with Crippen molar-refractivity contribution < 1.29 is 19.4 Å². The molecule has 0 aromatic heterocycles. The van der Waals surface area contributed by atoms with Crippen LogP contribution in [-0.2, 0) is 14.3 Å². The molecule has 142 valence electrons. The first-order valence-corrected chi connectivity index (χ1v) is 9.93. The Morgan fingerprint density at radius 1 is 0.667 bits per heavy atom. The fourth-order valence-electron chi connectivity index (χ4n) is 2.81. The lowest BCUT2D eigenvalue weighted by Gasteiger charge is -2.07. The van der Waals surface area contributed by atoms with Crippen LogP contribution < -0.4 is 0 Å². The summed E-state index contributed by atoms with van der Waals surface area (Å²) in [5.41, 5.74) is 0. The van der Waals surface area contributed by atoms with Gasteiger partial charge in [0, 0.05) is 12.8 Å². The van der Waals surface area contributed by atoms with Gasteiger partial charge in [-0.05, 0) is 26.7 Å². The Morgan fingerprint density at radius 3 is 1.33 bits per heavy atom. The third-order valence-electron chi connectivity index (χ3n) is 4.14. The molecule has 0 spiro atoms. The number of carbonyl (C=O) groups excluding carboxylic acids is 1. The van der Waals surface area contributed by atoms with Gasteiger partial charge in [0.25, 0.3) is 0 Å². The summed E-state index contributed by atoms with van der Waals surface area (Å²) in [6.07, 6.45) is 16.3. The Balaban J connectivity index is 3.10. The predicted molar refractivity (Wildman–Crippen MR) is 98.1 cm³/mol. The molecule has 0 bridgehead atoms.